The van der Waals surface area contributed by atoms with Crippen molar-refractivity contribution in [3.8, 4) is 0 Å². The molecule has 0 saturated carbocycles. The monoisotopic (exact) mass is 294 g/mol. The van der Waals surface area contributed by atoms with Crippen LogP contribution in [0.15, 0.2) is 24.3 Å². The lowest BCUT2D eigenvalue weighted by molar-refractivity contribution is 0.339. The molecule has 4 nitrogen and oxygen atoms in total. The Kier molecular flexibility index (Phi) is 3.26. The van der Waals surface area contributed by atoms with Gasteiger partial charge in [-0.25, -0.2) is 4.98 Å². The molecule has 2 aromatic rings. The summed E-state index contributed by atoms with van der Waals surface area (Å²) in [6.45, 7) is 9.35. The lowest BCUT2D eigenvalue weighted by Gasteiger charge is -2.31. The minimum atomic E-state index is 0.907. The average Bonchev–Trinajstić information content (AvgIpc) is 2.74. The van der Waals surface area contributed by atoms with Crippen molar-refractivity contribution in [2.45, 2.75) is 20.4 Å². The summed E-state index contributed by atoms with van der Waals surface area (Å²) in [7, 11) is 0. The van der Waals surface area contributed by atoms with Gasteiger partial charge in [0.1, 0.15) is 0 Å². The normalized spacial score (nSPS) is 17.5. The molecular formula is C18H22N4. The second-order valence-electron chi connectivity index (χ2n) is 6.16. The Labute approximate surface area is 131 Å². The Balaban J connectivity index is 1.89. The Morgan fingerprint density at radius 3 is 2.68 bits per heavy atom. The number of hydrogen-bond acceptors (Lipinski definition) is 3. The van der Waals surface area contributed by atoms with Gasteiger partial charge in [-0.15, -0.1) is 0 Å². The number of rotatable bonds is 1. The van der Waals surface area contributed by atoms with Gasteiger partial charge in [-0.3, -0.25) is 0 Å². The summed E-state index contributed by atoms with van der Waals surface area (Å²) in [5.41, 5.74) is 6.36. The average molecular weight is 294 g/mol. The van der Waals surface area contributed by atoms with Crippen LogP contribution < -0.4 is 5.32 Å². The minimum Gasteiger partial charge on any atom is -0.366 e. The zero-order valence-electron chi connectivity index (χ0n) is 13.3. The van der Waals surface area contributed by atoms with E-state index in [1.165, 1.54) is 22.5 Å². The highest BCUT2D eigenvalue weighted by molar-refractivity contribution is 5.80. The van der Waals surface area contributed by atoms with Crippen molar-refractivity contribution in [3.63, 3.8) is 0 Å². The number of piperazine rings is 1. The lowest BCUT2D eigenvalue weighted by Crippen LogP contribution is -2.42. The molecule has 4 heteroatoms. The molecule has 2 aliphatic heterocycles. The van der Waals surface area contributed by atoms with Gasteiger partial charge in [0.05, 0.1) is 11.4 Å². The van der Waals surface area contributed by atoms with E-state index < -0.39 is 0 Å². The Hall–Kier alpha value is -2.07. The highest BCUT2D eigenvalue weighted by Crippen LogP contribution is 2.30. The lowest BCUT2D eigenvalue weighted by atomic mass is 10.1. The summed E-state index contributed by atoms with van der Waals surface area (Å²) < 4.78 is 2.37. The van der Waals surface area contributed by atoms with Gasteiger partial charge in [0.15, 0.2) is 5.82 Å². The molecule has 0 spiro atoms. The van der Waals surface area contributed by atoms with Crippen LogP contribution in [0.3, 0.4) is 0 Å². The van der Waals surface area contributed by atoms with Gasteiger partial charge in [0, 0.05) is 38.4 Å². The molecule has 1 aromatic carbocycles. The Morgan fingerprint density at radius 1 is 1.09 bits per heavy atom. The first-order valence-corrected chi connectivity index (χ1v) is 8.03. The maximum Gasteiger partial charge on any atom is 0.157 e. The summed E-state index contributed by atoms with van der Waals surface area (Å²) in [5, 5.41) is 3.43. The van der Waals surface area contributed by atoms with E-state index >= 15 is 0 Å². The van der Waals surface area contributed by atoms with Gasteiger partial charge in [-0.2, -0.15) is 0 Å². The maximum absolute atomic E-state index is 4.88. The van der Waals surface area contributed by atoms with E-state index in [9.17, 15) is 0 Å². The summed E-state index contributed by atoms with van der Waals surface area (Å²) in [5.74, 6) is 1.12. The SMILES string of the molecule is Cc1nc2n(c1C)Cc1ccccc1C=C2N1CCNCC1. The van der Waals surface area contributed by atoms with Crippen molar-refractivity contribution >= 4 is 11.8 Å². The zero-order chi connectivity index (χ0) is 15.1. The fraction of sp³-hybridized carbons (Fsp3) is 0.389. The van der Waals surface area contributed by atoms with Crippen molar-refractivity contribution in [1.82, 2.24) is 19.8 Å². The quantitative estimate of drug-likeness (QED) is 0.876. The van der Waals surface area contributed by atoms with Crippen molar-refractivity contribution in [3.05, 3.63) is 52.6 Å². The summed E-state index contributed by atoms with van der Waals surface area (Å²) in [6.07, 6.45) is 2.32. The van der Waals surface area contributed by atoms with Gasteiger partial charge in [0.25, 0.3) is 0 Å². The standard InChI is InChI=1S/C18H22N4/c1-13-14(2)22-12-16-6-4-3-5-15(16)11-17(18(22)20-13)21-9-7-19-8-10-21/h3-6,11,19H,7-10,12H2,1-2H3. The van der Waals surface area contributed by atoms with Crippen molar-refractivity contribution < 1.29 is 0 Å². The Bertz CT molecular complexity index is 736. The topological polar surface area (TPSA) is 33.1 Å². The molecule has 114 valence electrons. The highest BCUT2D eigenvalue weighted by atomic mass is 15.2. The number of imidazole rings is 1. The van der Waals surface area contributed by atoms with Crippen LogP contribution in [0, 0.1) is 13.8 Å². The number of hydrogen-bond donors (Lipinski definition) is 1. The molecule has 1 N–H and O–H groups in total. The van der Waals surface area contributed by atoms with Crippen molar-refractivity contribution in [2.75, 3.05) is 26.2 Å². The molecule has 1 saturated heterocycles. The first-order valence-electron chi connectivity index (χ1n) is 8.03. The predicted octanol–water partition coefficient (Wildman–Crippen LogP) is 2.26. The van der Waals surface area contributed by atoms with Gasteiger partial charge in [-0.05, 0) is 31.1 Å². The zero-order valence-corrected chi connectivity index (χ0v) is 13.3. The molecule has 3 heterocycles. The smallest absolute Gasteiger partial charge is 0.157 e. The molecule has 0 unspecified atom stereocenters. The maximum atomic E-state index is 4.88. The third kappa shape index (κ3) is 2.15. The largest absolute Gasteiger partial charge is 0.366 e. The van der Waals surface area contributed by atoms with Crippen LogP contribution in [-0.4, -0.2) is 40.6 Å². The Morgan fingerprint density at radius 2 is 1.86 bits per heavy atom. The van der Waals surface area contributed by atoms with E-state index in [0.29, 0.717) is 0 Å². The van der Waals surface area contributed by atoms with Crippen LogP contribution in [0.1, 0.15) is 28.3 Å². The number of fused-ring (bicyclic) bond motifs is 2. The molecule has 22 heavy (non-hydrogen) atoms. The second kappa shape index (κ2) is 5.29. The van der Waals surface area contributed by atoms with E-state index in [4.69, 9.17) is 4.98 Å². The molecule has 1 aromatic heterocycles. The van der Waals surface area contributed by atoms with Crippen LogP contribution in [0.2, 0.25) is 0 Å². The van der Waals surface area contributed by atoms with Gasteiger partial charge in [0.2, 0.25) is 0 Å². The van der Waals surface area contributed by atoms with E-state index in [1.54, 1.807) is 0 Å². The summed E-state index contributed by atoms with van der Waals surface area (Å²) in [6, 6.07) is 8.69. The fourth-order valence-corrected chi connectivity index (χ4v) is 3.38. The predicted molar refractivity (Wildman–Crippen MR) is 89.6 cm³/mol. The van der Waals surface area contributed by atoms with Crippen LogP contribution >= 0.6 is 0 Å². The molecule has 1 fully saturated rings. The van der Waals surface area contributed by atoms with Crippen LogP contribution in [0.4, 0.5) is 0 Å². The third-order valence-electron chi connectivity index (χ3n) is 4.82. The van der Waals surface area contributed by atoms with Gasteiger partial charge >= 0.3 is 0 Å². The van der Waals surface area contributed by atoms with Gasteiger partial charge in [-0.1, -0.05) is 24.3 Å². The number of benzene rings is 1. The minimum absolute atomic E-state index is 0.907. The molecule has 0 atom stereocenters. The molecule has 0 bridgehead atoms. The number of nitrogens with one attached hydrogen (secondary N) is 1. The van der Waals surface area contributed by atoms with Crippen molar-refractivity contribution in [1.29, 1.82) is 0 Å². The summed E-state index contributed by atoms with van der Waals surface area (Å²) in [4.78, 5) is 7.35. The number of aromatic nitrogens is 2. The van der Waals surface area contributed by atoms with E-state index in [2.05, 4.69) is 59.0 Å². The molecule has 2 aliphatic rings. The molecule has 4 rings (SSSR count). The highest BCUT2D eigenvalue weighted by Gasteiger charge is 2.24. The number of aryl methyl sites for hydroxylation is 1. The first-order chi connectivity index (χ1) is 10.7. The second-order valence-corrected chi connectivity index (χ2v) is 6.16. The van der Waals surface area contributed by atoms with E-state index in [0.717, 1.165) is 44.2 Å². The first kappa shape index (κ1) is 13.6. The third-order valence-corrected chi connectivity index (χ3v) is 4.82. The molecular weight excluding hydrogens is 272 g/mol. The summed E-state index contributed by atoms with van der Waals surface area (Å²) >= 11 is 0. The van der Waals surface area contributed by atoms with E-state index in [-0.39, 0.29) is 0 Å². The van der Waals surface area contributed by atoms with Crippen LogP contribution in [0.5, 0.6) is 0 Å². The van der Waals surface area contributed by atoms with Crippen LogP contribution in [-0.2, 0) is 6.54 Å². The van der Waals surface area contributed by atoms with E-state index in [1.807, 2.05) is 0 Å². The molecule has 0 amide bonds. The number of nitrogens with zero attached hydrogens (tertiary/aromatic N) is 3. The fourth-order valence-electron chi connectivity index (χ4n) is 3.38. The molecule has 0 aliphatic carbocycles. The molecule has 0 radical (unpaired) electrons. The van der Waals surface area contributed by atoms with Crippen molar-refractivity contribution in [2.24, 2.45) is 0 Å². The van der Waals surface area contributed by atoms with Crippen LogP contribution in [0.25, 0.3) is 11.8 Å². The van der Waals surface area contributed by atoms with Gasteiger partial charge < -0.3 is 14.8 Å².